The molecule has 14 heavy (non-hydrogen) atoms. The molecule has 0 aromatic carbocycles. The van der Waals surface area contributed by atoms with Crippen LogP contribution in [0.3, 0.4) is 0 Å². The van der Waals surface area contributed by atoms with Crippen LogP contribution in [0.2, 0.25) is 0 Å². The average Bonchev–Trinajstić information content (AvgIpc) is 2.15. The lowest BCUT2D eigenvalue weighted by Crippen LogP contribution is -2.07. The maximum absolute atomic E-state index is 13.0. The fourth-order valence-electron chi connectivity index (χ4n) is 1.05. The van der Waals surface area contributed by atoms with Gasteiger partial charge in [0.25, 0.3) is 6.43 Å². The summed E-state index contributed by atoms with van der Waals surface area (Å²) in [5.41, 5.74) is 4.45. The van der Waals surface area contributed by atoms with Crippen LogP contribution in [0.1, 0.15) is 17.6 Å². The third kappa shape index (κ3) is 1.95. The van der Waals surface area contributed by atoms with Gasteiger partial charge in [0.1, 0.15) is 0 Å². The molecule has 0 unspecified atom stereocenters. The number of aromatic nitrogens is 1. The first-order chi connectivity index (χ1) is 6.60. The molecule has 0 aliphatic heterocycles. The van der Waals surface area contributed by atoms with E-state index in [-0.39, 0.29) is 18.0 Å². The number of ether oxygens (including phenoxy) is 1. The quantitative estimate of drug-likeness (QED) is 0.764. The molecule has 6 heteroatoms. The zero-order chi connectivity index (χ0) is 10.7. The van der Waals surface area contributed by atoms with E-state index in [9.17, 15) is 13.2 Å². The van der Waals surface area contributed by atoms with Gasteiger partial charge in [0.15, 0.2) is 0 Å². The van der Waals surface area contributed by atoms with Gasteiger partial charge in [-0.15, -0.1) is 0 Å². The van der Waals surface area contributed by atoms with Crippen LogP contribution in [0.5, 0.6) is 5.88 Å². The molecule has 1 heterocycles. The summed E-state index contributed by atoms with van der Waals surface area (Å²) in [6.07, 6.45) is -2.92. The Kier molecular flexibility index (Phi) is 3.29. The van der Waals surface area contributed by atoms with Crippen molar-refractivity contribution in [2.45, 2.75) is 13.0 Å². The lowest BCUT2D eigenvalue weighted by Gasteiger charge is -2.09. The van der Waals surface area contributed by atoms with Crippen molar-refractivity contribution in [1.29, 1.82) is 0 Å². The van der Waals surface area contributed by atoms with Crippen LogP contribution in [0.4, 0.5) is 13.2 Å². The number of nitrogens with zero attached hydrogens (tertiary/aromatic N) is 1. The normalized spacial score (nSPS) is 10.7. The summed E-state index contributed by atoms with van der Waals surface area (Å²) >= 11 is 0. The number of nitrogens with two attached hydrogens (primary N) is 1. The van der Waals surface area contributed by atoms with Crippen LogP contribution in [-0.2, 0) is 6.54 Å². The second kappa shape index (κ2) is 4.28. The Balaban J connectivity index is 3.27. The molecule has 0 aliphatic rings. The topological polar surface area (TPSA) is 48.1 Å². The Hall–Kier alpha value is -1.30. The van der Waals surface area contributed by atoms with Crippen molar-refractivity contribution in [3.63, 3.8) is 0 Å². The SMILES string of the molecule is COc1cc(CN)c(C(F)F)c(F)n1. The number of alkyl halides is 2. The number of halogens is 3. The average molecular weight is 206 g/mol. The zero-order valence-corrected chi connectivity index (χ0v) is 7.43. The van der Waals surface area contributed by atoms with Crippen LogP contribution < -0.4 is 10.5 Å². The standard InChI is InChI=1S/C8H9F3N2O/c1-14-5-2-4(3-12)6(7(9)10)8(11)13-5/h2,7H,3,12H2,1H3. The number of pyridine rings is 1. The lowest BCUT2D eigenvalue weighted by molar-refractivity contribution is 0.143. The molecule has 0 saturated carbocycles. The van der Waals surface area contributed by atoms with Gasteiger partial charge in [0.2, 0.25) is 11.8 Å². The van der Waals surface area contributed by atoms with Crippen LogP contribution in [-0.4, -0.2) is 12.1 Å². The van der Waals surface area contributed by atoms with E-state index in [4.69, 9.17) is 5.73 Å². The van der Waals surface area contributed by atoms with Gasteiger partial charge < -0.3 is 10.5 Å². The largest absolute Gasteiger partial charge is 0.481 e. The highest BCUT2D eigenvalue weighted by Gasteiger charge is 2.20. The van der Waals surface area contributed by atoms with E-state index >= 15 is 0 Å². The van der Waals surface area contributed by atoms with Gasteiger partial charge in [0, 0.05) is 12.6 Å². The third-order valence-electron chi connectivity index (χ3n) is 1.72. The predicted molar refractivity (Wildman–Crippen MR) is 43.6 cm³/mol. The zero-order valence-electron chi connectivity index (χ0n) is 7.43. The van der Waals surface area contributed by atoms with E-state index in [1.54, 1.807) is 0 Å². The summed E-state index contributed by atoms with van der Waals surface area (Å²) in [4.78, 5) is 3.20. The van der Waals surface area contributed by atoms with Gasteiger partial charge in [-0.3, -0.25) is 0 Å². The molecule has 0 saturated heterocycles. The summed E-state index contributed by atoms with van der Waals surface area (Å²) in [5.74, 6) is -1.30. The summed E-state index contributed by atoms with van der Waals surface area (Å²) < 4.78 is 42.3. The molecule has 0 aliphatic carbocycles. The van der Waals surface area contributed by atoms with Gasteiger partial charge in [0.05, 0.1) is 12.7 Å². The fraction of sp³-hybridized carbons (Fsp3) is 0.375. The fourth-order valence-corrected chi connectivity index (χ4v) is 1.05. The van der Waals surface area contributed by atoms with E-state index < -0.39 is 17.9 Å². The second-order valence-corrected chi connectivity index (χ2v) is 2.53. The molecule has 1 rings (SSSR count). The van der Waals surface area contributed by atoms with Crippen molar-refractivity contribution >= 4 is 0 Å². The molecule has 0 atom stereocenters. The van der Waals surface area contributed by atoms with Crippen LogP contribution in [0.15, 0.2) is 6.07 Å². The summed E-state index contributed by atoms with van der Waals surface area (Å²) in [6.45, 7) is -0.185. The van der Waals surface area contributed by atoms with Crippen molar-refractivity contribution < 1.29 is 17.9 Å². The maximum atomic E-state index is 13.0. The Bertz CT molecular complexity index is 331. The van der Waals surface area contributed by atoms with Crippen LogP contribution in [0, 0.1) is 5.95 Å². The number of methoxy groups -OCH3 is 1. The summed E-state index contributed by atoms with van der Waals surface area (Å²) in [7, 11) is 1.27. The molecule has 0 radical (unpaired) electrons. The highest BCUT2D eigenvalue weighted by atomic mass is 19.3. The Morgan fingerprint density at radius 1 is 1.57 bits per heavy atom. The molecule has 0 bridgehead atoms. The highest BCUT2D eigenvalue weighted by Crippen LogP contribution is 2.27. The first-order valence-corrected chi connectivity index (χ1v) is 3.81. The van der Waals surface area contributed by atoms with Crippen molar-refractivity contribution in [2.24, 2.45) is 5.73 Å². The van der Waals surface area contributed by atoms with E-state index in [0.29, 0.717) is 0 Å². The van der Waals surface area contributed by atoms with E-state index in [1.165, 1.54) is 13.2 Å². The van der Waals surface area contributed by atoms with Crippen molar-refractivity contribution in [3.8, 4) is 5.88 Å². The van der Waals surface area contributed by atoms with Gasteiger partial charge >= 0.3 is 0 Å². The van der Waals surface area contributed by atoms with Crippen molar-refractivity contribution in [1.82, 2.24) is 4.98 Å². The van der Waals surface area contributed by atoms with E-state index in [1.807, 2.05) is 0 Å². The van der Waals surface area contributed by atoms with Gasteiger partial charge in [-0.25, -0.2) is 8.78 Å². The molecule has 3 nitrogen and oxygen atoms in total. The molecule has 2 N–H and O–H groups in total. The summed E-state index contributed by atoms with van der Waals surface area (Å²) in [5, 5.41) is 0. The van der Waals surface area contributed by atoms with Gasteiger partial charge in [-0.05, 0) is 5.56 Å². The monoisotopic (exact) mass is 206 g/mol. The van der Waals surface area contributed by atoms with Gasteiger partial charge in [-0.1, -0.05) is 0 Å². The molecule has 0 amide bonds. The van der Waals surface area contributed by atoms with E-state index in [0.717, 1.165) is 0 Å². The second-order valence-electron chi connectivity index (χ2n) is 2.53. The van der Waals surface area contributed by atoms with Crippen molar-refractivity contribution in [2.75, 3.05) is 7.11 Å². The molecule has 0 fully saturated rings. The first kappa shape index (κ1) is 10.8. The Labute approximate surface area is 78.7 Å². The Morgan fingerprint density at radius 3 is 2.64 bits per heavy atom. The minimum atomic E-state index is -2.92. The van der Waals surface area contributed by atoms with Crippen LogP contribution >= 0.6 is 0 Å². The van der Waals surface area contributed by atoms with Gasteiger partial charge in [-0.2, -0.15) is 9.37 Å². The van der Waals surface area contributed by atoms with E-state index in [2.05, 4.69) is 9.72 Å². The Morgan fingerprint density at radius 2 is 2.21 bits per heavy atom. The smallest absolute Gasteiger partial charge is 0.268 e. The number of rotatable bonds is 3. The third-order valence-corrected chi connectivity index (χ3v) is 1.72. The number of hydrogen-bond acceptors (Lipinski definition) is 3. The first-order valence-electron chi connectivity index (χ1n) is 3.81. The molecule has 0 spiro atoms. The minimum absolute atomic E-state index is 0.00403. The van der Waals surface area contributed by atoms with Crippen molar-refractivity contribution in [3.05, 3.63) is 23.1 Å². The molecular formula is C8H9F3N2O. The molecule has 1 aromatic rings. The van der Waals surface area contributed by atoms with Crippen LogP contribution in [0.25, 0.3) is 0 Å². The highest BCUT2D eigenvalue weighted by molar-refractivity contribution is 5.31. The molecular weight excluding hydrogens is 197 g/mol. The predicted octanol–water partition coefficient (Wildman–Crippen LogP) is 1.63. The summed E-state index contributed by atoms with van der Waals surface area (Å²) in [6, 6.07) is 1.20. The number of hydrogen-bond donors (Lipinski definition) is 1. The maximum Gasteiger partial charge on any atom is 0.268 e. The molecule has 1 aromatic heterocycles. The molecule has 78 valence electrons. The lowest BCUT2D eigenvalue weighted by atomic mass is 10.1. The minimum Gasteiger partial charge on any atom is -0.481 e.